The fourth-order valence-corrected chi connectivity index (χ4v) is 4.00. The van der Waals surface area contributed by atoms with Crippen LogP contribution in [0, 0.1) is 6.92 Å². The van der Waals surface area contributed by atoms with Gasteiger partial charge in [0.25, 0.3) is 10.0 Å². The molecule has 3 rings (SSSR count). The van der Waals surface area contributed by atoms with E-state index in [1.165, 1.54) is 51.5 Å². The summed E-state index contributed by atoms with van der Waals surface area (Å²) in [4.78, 5) is 19.9. The van der Waals surface area contributed by atoms with Crippen molar-refractivity contribution in [3.8, 4) is 11.9 Å². The van der Waals surface area contributed by atoms with Crippen LogP contribution in [0.3, 0.4) is 0 Å². The first-order valence-corrected chi connectivity index (χ1v) is 11.4. The number of nitrogens with one attached hydrogen (secondary N) is 2. The molecule has 0 saturated carbocycles. The Kier molecular flexibility index (Phi) is 7.40. The Morgan fingerprint density at radius 1 is 1.14 bits per heavy atom. The number of amides is 1. The molecule has 0 spiro atoms. The standard InChI is InChI=1S/C19H18ClF3N6O5S/c1-10-16(20)17(19(21,22)23)27-29(10)9-14(30)24-11-4-6-12(7-5-11)35(31,32)28-13-8-15(33-2)26-18(25-13)34-3/h4-8H,9H2,1-3H3,(H,24,30)(H,25,26,28). The average Bonchev–Trinajstić information content (AvgIpc) is 3.07. The number of aromatic nitrogens is 4. The summed E-state index contributed by atoms with van der Waals surface area (Å²) in [6, 6.07) is 6.17. The SMILES string of the molecule is COc1cc(NS(=O)(=O)c2ccc(NC(=O)Cn3nc(C(F)(F)F)c(Cl)c3C)cc2)nc(OC)n1. The zero-order valence-corrected chi connectivity index (χ0v) is 19.9. The lowest BCUT2D eigenvalue weighted by Crippen LogP contribution is -2.21. The number of methoxy groups -OCH3 is 2. The topological polar surface area (TPSA) is 137 Å². The number of halogens is 4. The molecule has 0 radical (unpaired) electrons. The monoisotopic (exact) mass is 534 g/mol. The largest absolute Gasteiger partial charge is 0.481 e. The lowest BCUT2D eigenvalue weighted by Gasteiger charge is -2.11. The molecule has 0 atom stereocenters. The first-order chi connectivity index (χ1) is 16.3. The summed E-state index contributed by atoms with van der Waals surface area (Å²) >= 11 is 5.67. The summed E-state index contributed by atoms with van der Waals surface area (Å²) in [5, 5.41) is 5.22. The number of rotatable bonds is 8. The van der Waals surface area contributed by atoms with E-state index in [4.69, 9.17) is 21.1 Å². The number of nitrogens with zero attached hydrogens (tertiary/aromatic N) is 4. The van der Waals surface area contributed by atoms with Gasteiger partial charge in [0.1, 0.15) is 6.54 Å². The second-order valence-corrected chi connectivity index (χ2v) is 8.92. The molecule has 1 aromatic carbocycles. The number of carbonyl (C=O) groups is 1. The van der Waals surface area contributed by atoms with Crippen molar-refractivity contribution in [3.63, 3.8) is 0 Å². The maximum atomic E-state index is 12.9. The van der Waals surface area contributed by atoms with Crippen molar-refractivity contribution >= 4 is 39.0 Å². The van der Waals surface area contributed by atoms with Crippen LogP contribution >= 0.6 is 11.6 Å². The van der Waals surface area contributed by atoms with Crippen molar-refractivity contribution < 1.29 is 35.9 Å². The van der Waals surface area contributed by atoms with Gasteiger partial charge < -0.3 is 14.8 Å². The summed E-state index contributed by atoms with van der Waals surface area (Å²) in [6.07, 6.45) is -4.76. The number of hydrogen-bond donors (Lipinski definition) is 2. The Balaban J connectivity index is 1.71. The molecule has 0 bridgehead atoms. The van der Waals surface area contributed by atoms with Crippen molar-refractivity contribution in [2.24, 2.45) is 0 Å². The van der Waals surface area contributed by atoms with Gasteiger partial charge in [-0.05, 0) is 31.2 Å². The number of anilines is 2. The third-order valence-electron chi connectivity index (χ3n) is 4.46. The third kappa shape index (κ3) is 6.10. The van der Waals surface area contributed by atoms with Crippen molar-refractivity contribution in [3.05, 3.63) is 46.7 Å². The predicted octanol–water partition coefficient (Wildman–Crippen LogP) is 3.11. The zero-order chi connectivity index (χ0) is 26.0. The number of alkyl halides is 3. The van der Waals surface area contributed by atoms with E-state index in [0.717, 1.165) is 4.68 Å². The minimum atomic E-state index is -4.76. The summed E-state index contributed by atoms with van der Waals surface area (Å²) in [7, 11) is -1.44. The normalized spacial score (nSPS) is 11.7. The molecule has 35 heavy (non-hydrogen) atoms. The van der Waals surface area contributed by atoms with Crippen LogP contribution in [0.15, 0.2) is 35.2 Å². The zero-order valence-electron chi connectivity index (χ0n) is 18.3. The van der Waals surface area contributed by atoms with Crippen molar-refractivity contribution in [2.45, 2.75) is 24.5 Å². The van der Waals surface area contributed by atoms with Crippen LogP contribution < -0.4 is 19.5 Å². The van der Waals surface area contributed by atoms with E-state index in [0.29, 0.717) is 0 Å². The van der Waals surface area contributed by atoms with Gasteiger partial charge in [-0.15, -0.1) is 0 Å². The molecule has 0 aliphatic carbocycles. The minimum Gasteiger partial charge on any atom is -0.481 e. The second kappa shape index (κ2) is 9.95. The van der Waals surface area contributed by atoms with E-state index < -0.39 is 39.4 Å². The lowest BCUT2D eigenvalue weighted by molar-refractivity contribution is -0.141. The Hall–Kier alpha value is -3.59. The molecule has 2 aromatic heterocycles. The van der Waals surface area contributed by atoms with E-state index in [1.807, 2.05) is 0 Å². The highest BCUT2D eigenvalue weighted by atomic mass is 35.5. The van der Waals surface area contributed by atoms with Crippen molar-refractivity contribution in [1.29, 1.82) is 0 Å². The molecule has 0 saturated heterocycles. The van der Waals surface area contributed by atoms with Crippen LogP contribution in [0.2, 0.25) is 5.02 Å². The quantitative estimate of drug-likeness (QED) is 0.450. The molecule has 0 unspecified atom stereocenters. The van der Waals surface area contributed by atoms with Crippen LogP contribution in [0.4, 0.5) is 24.7 Å². The van der Waals surface area contributed by atoms with E-state index in [9.17, 15) is 26.4 Å². The predicted molar refractivity (Wildman–Crippen MR) is 118 cm³/mol. The maximum absolute atomic E-state index is 12.9. The van der Waals surface area contributed by atoms with Gasteiger partial charge in [0.2, 0.25) is 11.8 Å². The molecular weight excluding hydrogens is 517 g/mol. The van der Waals surface area contributed by atoms with Gasteiger partial charge in [0, 0.05) is 11.8 Å². The summed E-state index contributed by atoms with van der Waals surface area (Å²) in [5.41, 5.74) is -1.11. The first-order valence-electron chi connectivity index (χ1n) is 9.54. The smallest absolute Gasteiger partial charge is 0.436 e. The molecule has 188 valence electrons. The molecule has 1 amide bonds. The van der Waals surface area contributed by atoms with E-state index >= 15 is 0 Å². The number of sulfonamides is 1. The number of benzene rings is 1. The van der Waals surface area contributed by atoms with Crippen LogP contribution in [0.25, 0.3) is 0 Å². The van der Waals surface area contributed by atoms with Gasteiger partial charge in [0.15, 0.2) is 11.5 Å². The average molecular weight is 535 g/mol. The highest BCUT2D eigenvalue weighted by molar-refractivity contribution is 7.92. The second-order valence-electron chi connectivity index (χ2n) is 6.86. The molecule has 0 fully saturated rings. The third-order valence-corrected chi connectivity index (χ3v) is 6.28. The van der Waals surface area contributed by atoms with Gasteiger partial charge in [0.05, 0.1) is 29.8 Å². The highest BCUT2D eigenvalue weighted by Crippen LogP contribution is 2.35. The summed E-state index contributed by atoms with van der Waals surface area (Å²) in [5.74, 6) is -0.726. The molecule has 0 aliphatic rings. The Bertz CT molecular complexity index is 1320. The van der Waals surface area contributed by atoms with Gasteiger partial charge in [-0.2, -0.15) is 28.2 Å². The van der Waals surface area contributed by atoms with Gasteiger partial charge >= 0.3 is 12.2 Å². The summed E-state index contributed by atoms with van der Waals surface area (Å²) < 4.78 is 77.1. The Morgan fingerprint density at radius 2 is 1.80 bits per heavy atom. The number of ether oxygens (including phenoxy) is 2. The van der Waals surface area contributed by atoms with Gasteiger partial charge in [-0.1, -0.05) is 11.6 Å². The summed E-state index contributed by atoms with van der Waals surface area (Å²) in [6.45, 7) is 0.758. The van der Waals surface area contributed by atoms with Gasteiger partial charge in [-0.25, -0.2) is 8.42 Å². The van der Waals surface area contributed by atoms with Crippen molar-refractivity contribution in [2.75, 3.05) is 24.3 Å². The fraction of sp³-hybridized carbons (Fsp3) is 0.263. The molecule has 2 N–H and O–H groups in total. The number of hydrogen-bond acceptors (Lipinski definition) is 8. The number of carbonyl (C=O) groups excluding carboxylic acids is 1. The molecular formula is C19H18ClF3N6O5S. The van der Waals surface area contributed by atoms with Crippen molar-refractivity contribution in [1.82, 2.24) is 19.7 Å². The lowest BCUT2D eigenvalue weighted by atomic mass is 10.3. The molecule has 3 aromatic rings. The van der Waals surface area contributed by atoms with Gasteiger partial charge in [-0.3, -0.25) is 14.2 Å². The Labute approximate surface area is 202 Å². The minimum absolute atomic E-state index is 0.0281. The van der Waals surface area contributed by atoms with E-state index in [2.05, 4.69) is 25.1 Å². The highest BCUT2D eigenvalue weighted by Gasteiger charge is 2.38. The molecule has 16 heteroatoms. The molecule has 11 nitrogen and oxygen atoms in total. The Morgan fingerprint density at radius 3 is 2.34 bits per heavy atom. The van der Waals surface area contributed by atoms with Crippen LogP contribution in [0.5, 0.6) is 11.9 Å². The van der Waals surface area contributed by atoms with E-state index in [-0.39, 0.29) is 34.0 Å². The maximum Gasteiger partial charge on any atom is 0.436 e. The van der Waals surface area contributed by atoms with Crippen LogP contribution in [-0.4, -0.2) is 48.3 Å². The van der Waals surface area contributed by atoms with Crippen LogP contribution in [0.1, 0.15) is 11.4 Å². The first kappa shape index (κ1) is 26.0. The van der Waals surface area contributed by atoms with Crippen LogP contribution in [-0.2, 0) is 27.5 Å². The fourth-order valence-electron chi connectivity index (χ4n) is 2.76. The van der Waals surface area contributed by atoms with E-state index in [1.54, 1.807) is 0 Å². The molecule has 2 heterocycles. The molecule has 0 aliphatic heterocycles.